The molecule has 0 saturated carbocycles. The first-order chi connectivity index (χ1) is 9.70. The van der Waals surface area contributed by atoms with Gasteiger partial charge in [-0.1, -0.05) is 12.1 Å². The van der Waals surface area contributed by atoms with Crippen molar-refractivity contribution in [3.8, 4) is 11.5 Å². The Kier molecular flexibility index (Phi) is 3.85. The third kappa shape index (κ3) is 3.12. The molecule has 0 atom stereocenters. The van der Waals surface area contributed by atoms with Crippen molar-refractivity contribution in [1.82, 2.24) is 0 Å². The molecule has 2 aromatic carbocycles. The lowest BCUT2D eigenvalue weighted by Crippen LogP contribution is -2.07. The second-order valence-corrected chi connectivity index (χ2v) is 4.26. The van der Waals surface area contributed by atoms with Crippen LogP contribution >= 0.6 is 0 Å². The number of ether oxygens (including phenoxy) is 1. The van der Waals surface area contributed by atoms with Crippen molar-refractivity contribution < 1.29 is 31.1 Å². The minimum absolute atomic E-state index is 0.0894. The van der Waals surface area contributed by atoms with Crippen LogP contribution < -0.4 is 4.74 Å². The maximum Gasteiger partial charge on any atom is 0.416 e. The molecule has 112 valence electrons. The SMILES string of the molecule is Cc1cccc(Oc2c(F)cc(C(F)(F)F)cc2F)c1F. The van der Waals surface area contributed by atoms with Crippen LogP contribution in [-0.2, 0) is 6.18 Å². The number of rotatable bonds is 2. The Morgan fingerprint density at radius 3 is 2.05 bits per heavy atom. The maximum absolute atomic E-state index is 13.7. The predicted molar refractivity (Wildman–Crippen MR) is 62.6 cm³/mol. The van der Waals surface area contributed by atoms with Gasteiger partial charge >= 0.3 is 6.18 Å². The number of alkyl halides is 3. The maximum atomic E-state index is 13.7. The van der Waals surface area contributed by atoms with Gasteiger partial charge in [0.1, 0.15) is 0 Å². The molecule has 0 fully saturated rings. The van der Waals surface area contributed by atoms with Crippen LogP contribution in [0.2, 0.25) is 0 Å². The summed E-state index contributed by atoms with van der Waals surface area (Å²) in [6.07, 6.45) is -4.89. The zero-order chi connectivity index (χ0) is 15.8. The first-order valence-electron chi connectivity index (χ1n) is 5.69. The average molecular weight is 306 g/mol. The number of benzene rings is 2. The van der Waals surface area contributed by atoms with Gasteiger partial charge in [0.2, 0.25) is 0 Å². The number of hydrogen-bond donors (Lipinski definition) is 0. The smallest absolute Gasteiger partial charge is 0.416 e. The topological polar surface area (TPSA) is 9.23 Å². The van der Waals surface area contributed by atoms with Crippen LogP contribution in [0.4, 0.5) is 26.3 Å². The van der Waals surface area contributed by atoms with E-state index in [1.807, 2.05) is 0 Å². The Morgan fingerprint density at radius 1 is 0.952 bits per heavy atom. The Balaban J connectivity index is 2.44. The quantitative estimate of drug-likeness (QED) is 0.691. The zero-order valence-corrected chi connectivity index (χ0v) is 10.6. The summed E-state index contributed by atoms with van der Waals surface area (Å²) < 4.78 is 82.7. The zero-order valence-electron chi connectivity index (χ0n) is 10.6. The molecule has 0 aliphatic carbocycles. The largest absolute Gasteiger partial charge is 0.448 e. The van der Waals surface area contributed by atoms with E-state index >= 15 is 0 Å². The lowest BCUT2D eigenvalue weighted by atomic mass is 10.2. The van der Waals surface area contributed by atoms with Gasteiger partial charge in [0.25, 0.3) is 0 Å². The van der Waals surface area contributed by atoms with Gasteiger partial charge in [-0.2, -0.15) is 13.2 Å². The van der Waals surface area contributed by atoms with Crippen LogP contribution in [-0.4, -0.2) is 0 Å². The van der Waals surface area contributed by atoms with E-state index in [1.54, 1.807) is 0 Å². The van der Waals surface area contributed by atoms with Crippen molar-refractivity contribution in [3.63, 3.8) is 0 Å². The minimum atomic E-state index is -4.89. The monoisotopic (exact) mass is 306 g/mol. The molecule has 0 bridgehead atoms. The van der Waals surface area contributed by atoms with Gasteiger partial charge in [-0.05, 0) is 30.7 Å². The summed E-state index contributed by atoms with van der Waals surface area (Å²) in [6.45, 7) is 1.40. The van der Waals surface area contributed by atoms with Gasteiger partial charge in [-0.25, -0.2) is 13.2 Å². The third-order valence-electron chi connectivity index (χ3n) is 2.69. The lowest BCUT2D eigenvalue weighted by Gasteiger charge is -2.12. The minimum Gasteiger partial charge on any atom is -0.448 e. The Labute approximate surface area is 115 Å². The Hall–Kier alpha value is -2.18. The highest BCUT2D eigenvalue weighted by atomic mass is 19.4. The van der Waals surface area contributed by atoms with Crippen LogP contribution in [0.1, 0.15) is 11.1 Å². The molecule has 21 heavy (non-hydrogen) atoms. The van der Waals surface area contributed by atoms with Crippen LogP contribution in [0.5, 0.6) is 11.5 Å². The molecule has 2 aromatic rings. The van der Waals surface area contributed by atoms with E-state index < -0.39 is 40.7 Å². The molecule has 1 nitrogen and oxygen atoms in total. The van der Waals surface area contributed by atoms with E-state index in [0.29, 0.717) is 0 Å². The Bertz CT molecular complexity index is 655. The van der Waals surface area contributed by atoms with Crippen LogP contribution in [0.3, 0.4) is 0 Å². The van der Waals surface area contributed by atoms with Gasteiger partial charge in [0.15, 0.2) is 29.0 Å². The van der Waals surface area contributed by atoms with Crippen molar-refractivity contribution in [1.29, 1.82) is 0 Å². The summed E-state index contributed by atoms with van der Waals surface area (Å²) in [4.78, 5) is 0. The van der Waals surface area contributed by atoms with Crippen LogP contribution in [0.15, 0.2) is 30.3 Å². The summed E-state index contributed by atoms with van der Waals surface area (Å²) in [7, 11) is 0. The second kappa shape index (κ2) is 5.31. The van der Waals surface area contributed by atoms with Gasteiger partial charge in [0.05, 0.1) is 5.56 Å². The molecular weight excluding hydrogens is 298 g/mol. The summed E-state index contributed by atoms with van der Waals surface area (Å²) in [5.41, 5.74) is -1.32. The van der Waals surface area contributed by atoms with Gasteiger partial charge in [0, 0.05) is 0 Å². The summed E-state index contributed by atoms with van der Waals surface area (Å²) in [6, 6.07) is 4.08. The molecule has 0 unspecified atom stereocenters. The molecule has 7 heteroatoms. The first-order valence-corrected chi connectivity index (χ1v) is 5.69. The summed E-state index contributed by atoms with van der Waals surface area (Å²) >= 11 is 0. The fraction of sp³-hybridized carbons (Fsp3) is 0.143. The highest BCUT2D eigenvalue weighted by Crippen LogP contribution is 2.36. The molecule has 0 aromatic heterocycles. The van der Waals surface area contributed by atoms with Crippen molar-refractivity contribution >= 4 is 0 Å². The molecule has 0 aliphatic heterocycles. The van der Waals surface area contributed by atoms with Crippen molar-refractivity contribution in [3.05, 3.63) is 58.9 Å². The van der Waals surface area contributed by atoms with Crippen LogP contribution in [0, 0.1) is 24.4 Å². The van der Waals surface area contributed by atoms with Gasteiger partial charge in [-0.15, -0.1) is 0 Å². The first kappa shape index (κ1) is 15.2. The molecule has 0 heterocycles. The fourth-order valence-corrected chi connectivity index (χ4v) is 1.63. The molecule has 0 spiro atoms. The normalized spacial score (nSPS) is 11.6. The number of halogens is 6. The van der Waals surface area contributed by atoms with Crippen molar-refractivity contribution in [2.45, 2.75) is 13.1 Å². The van der Waals surface area contributed by atoms with E-state index in [4.69, 9.17) is 4.74 Å². The lowest BCUT2D eigenvalue weighted by molar-refractivity contribution is -0.138. The van der Waals surface area contributed by atoms with Gasteiger partial charge < -0.3 is 4.74 Å². The van der Waals surface area contributed by atoms with E-state index in [-0.39, 0.29) is 17.7 Å². The predicted octanol–water partition coefficient (Wildman–Crippen LogP) is 5.22. The van der Waals surface area contributed by atoms with Crippen molar-refractivity contribution in [2.24, 2.45) is 0 Å². The van der Waals surface area contributed by atoms with E-state index in [9.17, 15) is 26.3 Å². The molecule has 2 rings (SSSR count). The van der Waals surface area contributed by atoms with Crippen molar-refractivity contribution in [2.75, 3.05) is 0 Å². The highest BCUT2D eigenvalue weighted by Gasteiger charge is 2.33. The van der Waals surface area contributed by atoms with Crippen LogP contribution in [0.25, 0.3) is 0 Å². The average Bonchev–Trinajstić information content (AvgIpc) is 2.37. The Morgan fingerprint density at radius 2 is 1.52 bits per heavy atom. The summed E-state index contributed by atoms with van der Waals surface area (Å²) in [5, 5.41) is 0. The van der Waals surface area contributed by atoms with Gasteiger partial charge in [-0.3, -0.25) is 0 Å². The number of hydrogen-bond acceptors (Lipinski definition) is 1. The molecular formula is C14H8F6O. The third-order valence-corrected chi connectivity index (χ3v) is 2.69. The van der Waals surface area contributed by atoms with E-state index in [0.717, 1.165) is 6.07 Å². The molecule has 0 radical (unpaired) electrons. The fourth-order valence-electron chi connectivity index (χ4n) is 1.63. The second-order valence-electron chi connectivity index (χ2n) is 4.26. The molecule has 0 saturated heterocycles. The molecule has 0 aliphatic rings. The molecule has 0 N–H and O–H groups in total. The van der Waals surface area contributed by atoms with E-state index in [1.165, 1.54) is 19.1 Å². The standard InChI is InChI=1S/C14H8F6O/c1-7-3-2-4-11(12(7)17)21-13-9(15)5-8(6-10(13)16)14(18,19)20/h2-6H,1H3. The highest BCUT2D eigenvalue weighted by molar-refractivity contribution is 5.38. The number of aryl methyl sites for hydroxylation is 1. The molecule has 0 amide bonds. The van der Waals surface area contributed by atoms with E-state index in [2.05, 4.69) is 0 Å². The summed E-state index contributed by atoms with van der Waals surface area (Å²) in [5.74, 6) is -5.55.